The molecule has 48 valence electrons. The highest BCUT2D eigenvalue weighted by molar-refractivity contribution is 9.39. The molecule has 0 nitrogen and oxygen atoms in total. The Morgan fingerprint density at radius 3 is 1.75 bits per heavy atom. The van der Waals surface area contributed by atoms with E-state index in [4.69, 9.17) is 0 Å². The van der Waals surface area contributed by atoms with Gasteiger partial charge in [-0.15, -0.1) is 0 Å². The zero-order valence-corrected chi connectivity index (χ0v) is 9.47. The Morgan fingerprint density at radius 1 is 1.38 bits per heavy atom. The maximum Gasteiger partial charge on any atom is 0.155 e. The largest absolute Gasteiger partial charge is 0.155 e. The molecule has 0 unspecified atom stereocenters. The second kappa shape index (κ2) is 3.37. The van der Waals surface area contributed by atoms with Crippen molar-refractivity contribution >= 4 is 47.8 Å². The lowest BCUT2D eigenvalue weighted by Gasteiger charge is -2.10. The SMILES string of the molecule is C/C=C(\C)C(Br)(Br)Br. The predicted octanol–water partition coefficient (Wildman–Crippen LogP) is 3.79. The summed E-state index contributed by atoms with van der Waals surface area (Å²) in [5.41, 5.74) is 1.21. The number of rotatable bonds is 0. The van der Waals surface area contributed by atoms with Gasteiger partial charge >= 0.3 is 0 Å². The molecule has 0 rings (SSSR count). The van der Waals surface area contributed by atoms with Crippen LogP contribution in [0.4, 0.5) is 0 Å². The van der Waals surface area contributed by atoms with Crippen LogP contribution in [0.5, 0.6) is 0 Å². The quantitative estimate of drug-likeness (QED) is 0.472. The Kier molecular flexibility index (Phi) is 3.87. The molecule has 0 aromatic carbocycles. The van der Waals surface area contributed by atoms with Gasteiger partial charge in [-0.05, 0) is 19.4 Å². The average Bonchev–Trinajstić information content (AvgIpc) is 1.62. The number of halogens is 3. The Hall–Kier alpha value is 1.18. The van der Waals surface area contributed by atoms with Crippen molar-refractivity contribution in [2.45, 2.75) is 16.0 Å². The van der Waals surface area contributed by atoms with E-state index in [1.165, 1.54) is 5.57 Å². The van der Waals surface area contributed by atoms with Crippen LogP contribution in [-0.2, 0) is 0 Å². The molecule has 0 saturated carbocycles. The fourth-order valence-corrected chi connectivity index (χ4v) is 0.850. The lowest BCUT2D eigenvalue weighted by Crippen LogP contribution is -1.99. The van der Waals surface area contributed by atoms with Gasteiger partial charge in [0.25, 0.3) is 0 Å². The maximum atomic E-state index is 3.37. The second-order valence-electron chi connectivity index (χ2n) is 1.47. The minimum atomic E-state index is -0.193. The summed E-state index contributed by atoms with van der Waals surface area (Å²) >= 11 is 10.1. The van der Waals surface area contributed by atoms with Gasteiger partial charge in [0.1, 0.15) is 0 Å². The predicted molar refractivity (Wildman–Crippen MR) is 48.9 cm³/mol. The molecule has 0 amide bonds. The normalized spacial score (nSPS) is 14.4. The molecule has 0 spiro atoms. The molecule has 0 aromatic heterocycles. The highest BCUT2D eigenvalue weighted by atomic mass is 80.0. The van der Waals surface area contributed by atoms with E-state index < -0.39 is 0 Å². The molecular formula is C5H7Br3. The minimum Gasteiger partial charge on any atom is -0.0856 e. The minimum absolute atomic E-state index is 0.193. The summed E-state index contributed by atoms with van der Waals surface area (Å²) in [6.45, 7) is 4.02. The Balaban J connectivity index is 4.03. The van der Waals surface area contributed by atoms with Gasteiger partial charge in [0.05, 0.1) is 0 Å². The first-order valence-electron chi connectivity index (χ1n) is 2.18. The van der Waals surface area contributed by atoms with Crippen LogP contribution in [0.3, 0.4) is 0 Å². The highest BCUT2D eigenvalue weighted by Crippen LogP contribution is 2.40. The van der Waals surface area contributed by atoms with Crippen LogP contribution in [0.15, 0.2) is 11.6 Å². The summed E-state index contributed by atoms with van der Waals surface area (Å²) in [7, 11) is 0. The Bertz CT molecular complexity index is 98.7. The fraction of sp³-hybridized carbons (Fsp3) is 0.600. The first-order valence-corrected chi connectivity index (χ1v) is 4.56. The van der Waals surface area contributed by atoms with Gasteiger partial charge in [0.15, 0.2) is 2.14 Å². The van der Waals surface area contributed by atoms with Crippen molar-refractivity contribution in [1.82, 2.24) is 0 Å². The van der Waals surface area contributed by atoms with Crippen molar-refractivity contribution in [2.75, 3.05) is 0 Å². The topological polar surface area (TPSA) is 0 Å². The van der Waals surface area contributed by atoms with Gasteiger partial charge in [-0.3, -0.25) is 0 Å². The Labute approximate surface area is 75.1 Å². The fourth-order valence-electron chi connectivity index (χ4n) is 0.164. The van der Waals surface area contributed by atoms with Crippen LogP contribution in [0.25, 0.3) is 0 Å². The molecule has 0 fully saturated rings. The van der Waals surface area contributed by atoms with Gasteiger partial charge in [-0.2, -0.15) is 0 Å². The van der Waals surface area contributed by atoms with Gasteiger partial charge in [0.2, 0.25) is 0 Å². The summed E-state index contributed by atoms with van der Waals surface area (Å²) in [6.07, 6.45) is 2.03. The second-order valence-corrected chi connectivity index (χ2v) is 8.23. The zero-order chi connectivity index (χ0) is 6.78. The van der Waals surface area contributed by atoms with Gasteiger partial charge in [0, 0.05) is 0 Å². The molecule has 8 heavy (non-hydrogen) atoms. The van der Waals surface area contributed by atoms with Crippen LogP contribution >= 0.6 is 47.8 Å². The van der Waals surface area contributed by atoms with Crippen molar-refractivity contribution in [3.05, 3.63) is 11.6 Å². The van der Waals surface area contributed by atoms with Crippen molar-refractivity contribution in [1.29, 1.82) is 0 Å². The van der Waals surface area contributed by atoms with E-state index in [0.717, 1.165) is 0 Å². The van der Waals surface area contributed by atoms with Gasteiger partial charge in [-0.25, -0.2) is 0 Å². The molecule has 0 aliphatic rings. The van der Waals surface area contributed by atoms with Crippen molar-refractivity contribution in [3.63, 3.8) is 0 Å². The van der Waals surface area contributed by atoms with E-state index >= 15 is 0 Å². The number of hydrogen-bond acceptors (Lipinski definition) is 0. The number of alkyl halides is 3. The summed E-state index contributed by atoms with van der Waals surface area (Å²) < 4.78 is -0.193. The van der Waals surface area contributed by atoms with E-state index in [0.29, 0.717) is 0 Å². The molecule has 0 atom stereocenters. The van der Waals surface area contributed by atoms with Crippen LogP contribution in [0.1, 0.15) is 13.8 Å². The highest BCUT2D eigenvalue weighted by Gasteiger charge is 2.18. The smallest absolute Gasteiger partial charge is 0.0856 e. The summed E-state index contributed by atoms with van der Waals surface area (Å²) in [4.78, 5) is 0. The lowest BCUT2D eigenvalue weighted by molar-refractivity contribution is 1.32. The molecule has 0 aliphatic heterocycles. The van der Waals surface area contributed by atoms with Crippen LogP contribution < -0.4 is 0 Å². The molecular weight excluding hydrogens is 300 g/mol. The lowest BCUT2D eigenvalue weighted by atomic mass is 10.3. The summed E-state index contributed by atoms with van der Waals surface area (Å²) in [5, 5.41) is 0. The van der Waals surface area contributed by atoms with Crippen LogP contribution in [0.2, 0.25) is 0 Å². The van der Waals surface area contributed by atoms with Crippen LogP contribution in [-0.4, -0.2) is 2.14 Å². The Morgan fingerprint density at radius 2 is 1.75 bits per heavy atom. The molecule has 0 aliphatic carbocycles. The van der Waals surface area contributed by atoms with E-state index in [1.807, 2.05) is 19.9 Å². The molecule has 0 heterocycles. The van der Waals surface area contributed by atoms with E-state index in [9.17, 15) is 0 Å². The average molecular weight is 307 g/mol. The molecule has 3 heteroatoms. The van der Waals surface area contributed by atoms with Crippen molar-refractivity contribution in [3.8, 4) is 0 Å². The van der Waals surface area contributed by atoms with Crippen molar-refractivity contribution < 1.29 is 0 Å². The monoisotopic (exact) mass is 304 g/mol. The van der Waals surface area contributed by atoms with Crippen LogP contribution in [0, 0.1) is 0 Å². The first-order chi connectivity index (χ1) is 3.48. The third kappa shape index (κ3) is 3.25. The molecule has 0 saturated heterocycles. The molecule has 0 radical (unpaired) electrons. The van der Waals surface area contributed by atoms with E-state index in [-0.39, 0.29) is 2.14 Å². The maximum absolute atomic E-state index is 3.37. The molecule has 0 bridgehead atoms. The van der Waals surface area contributed by atoms with E-state index in [2.05, 4.69) is 47.8 Å². The third-order valence-electron chi connectivity index (χ3n) is 0.880. The number of hydrogen-bond donors (Lipinski definition) is 0. The molecule has 0 N–H and O–H groups in total. The first kappa shape index (κ1) is 9.18. The standard InChI is InChI=1S/C5H7Br3/c1-3-4(2)5(6,7)8/h3H,1-2H3/b4-3+. The zero-order valence-electron chi connectivity index (χ0n) is 4.71. The third-order valence-corrected chi connectivity index (χ3v) is 2.76. The number of allylic oxidation sites excluding steroid dienone is 2. The van der Waals surface area contributed by atoms with Gasteiger partial charge < -0.3 is 0 Å². The van der Waals surface area contributed by atoms with Gasteiger partial charge in [-0.1, -0.05) is 53.9 Å². The summed E-state index contributed by atoms with van der Waals surface area (Å²) in [6, 6.07) is 0. The molecule has 0 aromatic rings. The van der Waals surface area contributed by atoms with E-state index in [1.54, 1.807) is 0 Å². The van der Waals surface area contributed by atoms with Crippen molar-refractivity contribution in [2.24, 2.45) is 0 Å². The summed E-state index contributed by atoms with van der Waals surface area (Å²) in [5.74, 6) is 0.